The monoisotopic (exact) mass is 286 g/mol. The summed E-state index contributed by atoms with van der Waals surface area (Å²) >= 11 is 0. The Labute approximate surface area is 125 Å². The van der Waals surface area contributed by atoms with E-state index in [4.69, 9.17) is 5.73 Å². The van der Waals surface area contributed by atoms with Crippen molar-refractivity contribution in [2.24, 2.45) is 5.73 Å². The lowest BCUT2D eigenvalue weighted by Crippen LogP contribution is -2.11. The number of nitrogens with two attached hydrogens (primary N) is 1. The minimum Gasteiger partial charge on any atom is -0.508 e. The van der Waals surface area contributed by atoms with Gasteiger partial charge >= 0.3 is 0 Å². The predicted octanol–water partition coefficient (Wildman–Crippen LogP) is 2.73. The molecular weight excluding hydrogens is 264 g/mol. The zero-order chi connectivity index (χ0) is 15.2. The number of hydrogen-bond acceptors (Lipinski definition) is 5. The van der Waals surface area contributed by atoms with E-state index < -0.39 is 0 Å². The fraction of sp³-hybridized carbons (Fsp3) is 0.375. The summed E-state index contributed by atoms with van der Waals surface area (Å²) in [6.07, 6.45) is 2.71. The molecule has 0 saturated carbocycles. The summed E-state index contributed by atoms with van der Waals surface area (Å²) < 4.78 is 0. The van der Waals surface area contributed by atoms with Crippen molar-refractivity contribution in [2.45, 2.75) is 26.2 Å². The molecule has 5 nitrogen and oxygen atoms in total. The number of nitrogens with zero attached hydrogens (tertiary/aromatic N) is 2. The average Bonchev–Trinajstić information content (AvgIpc) is 2.47. The van der Waals surface area contributed by atoms with Crippen LogP contribution in [0, 0.1) is 0 Å². The van der Waals surface area contributed by atoms with Gasteiger partial charge in [-0.3, -0.25) is 0 Å². The fourth-order valence-electron chi connectivity index (χ4n) is 2.08. The number of aromatic nitrogens is 2. The van der Waals surface area contributed by atoms with Gasteiger partial charge in [0.2, 0.25) is 0 Å². The van der Waals surface area contributed by atoms with Crippen LogP contribution < -0.4 is 11.1 Å². The third kappa shape index (κ3) is 3.92. The molecule has 0 amide bonds. The smallest absolute Gasteiger partial charge is 0.159 e. The summed E-state index contributed by atoms with van der Waals surface area (Å²) in [6, 6.07) is 6.98. The highest BCUT2D eigenvalue weighted by Gasteiger charge is 2.12. The molecule has 0 aliphatic rings. The van der Waals surface area contributed by atoms with Gasteiger partial charge in [0.15, 0.2) is 5.82 Å². The Morgan fingerprint density at radius 3 is 2.81 bits per heavy atom. The molecule has 0 bridgehead atoms. The second-order valence-corrected chi connectivity index (χ2v) is 5.27. The van der Waals surface area contributed by atoms with Crippen LogP contribution in [0.15, 0.2) is 30.5 Å². The first-order valence-corrected chi connectivity index (χ1v) is 7.22. The molecule has 0 spiro atoms. The minimum atomic E-state index is 0.215. The lowest BCUT2D eigenvalue weighted by Gasteiger charge is -2.14. The third-order valence-corrected chi connectivity index (χ3v) is 3.17. The first-order valence-electron chi connectivity index (χ1n) is 7.22. The standard InChI is InChI=1S/C16H22N4O/c1-11(2)15-14(18-8-4-7-17)10-19-16(20-15)12-5-3-6-13(21)9-12/h3,5-6,9-11,18,21H,4,7-8,17H2,1-2H3. The van der Waals surface area contributed by atoms with Gasteiger partial charge in [-0.15, -0.1) is 0 Å². The highest BCUT2D eigenvalue weighted by molar-refractivity contribution is 5.60. The molecule has 1 heterocycles. The third-order valence-electron chi connectivity index (χ3n) is 3.17. The van der Waals surface area contributed by atoms with E-state index >= 15 is 0 Å². The molecule has 5 heteroatoms. The first kappa shape index (κ1) is 15.3. The maximum Gasteiger partial charge on any atom is 0.159 e. The van der Waals surface area contributed by atoms with E-state index in [9.17, 15) is 5.11 Å². The van der Waals surface area contributed by atoms with Crippen LogP contribution in [0.5, 0.6) is 5.75 Å². The average molecular weight is 286 g/mol. The number of aromatic hydroxyl groups is 1. The van der Waals surface area contributed by atoms with Crippen molar-refractivity contribution in [3.05, 3.63) is 36.2 Å². The van der Waals surface area contributed by atoms with E-state index in [2.05, 4.69) is 29.1 Å². The fourth-order valence-corrected chi connectivity index (χ4v) is 2.08. The van der Waals surface area contributed by atoms with Gasteiger partial charge in [0.05, 0.1) is 17.6 Å². The Kier molecular flexibility index (Phi) is 5.11. The van der Waals surface area contributed by atoms with E-state index in [-0.39, 0.29) is 11.7 Å². The van der Waals surface area contributed by atoms with Gasteiger partial charge in [0, 0.05) is 12.1 Å². The van der Waals surface area contributed by atoms with Crippen molar-refractivity contribution in [3.63, 3.8) is 0 Å². The molecule has 0 radical (unpaired) electrons. The van der Waals surface area contributed by atoms with Crippen LogP contribution >= 0.6 is 0 Å². The van der Waals surface area contributed by atoms with Crippen LogP contribution in [-0.2, 0) is 0 Å². The van der Waals surface area contributed by atoms with Crippen LogP contribution in [0.3, 0.4) is 0 Å². The minimum absolute atomic E-state index is 0.215. The zero-order valence-electron chi connectivity index (χ0n) is 12.5. The molecule has 2 aromatic rings. The number of nitrogens with one attached hydrogen (secondary N) is 1. The maximum absolute atomic E-state index is 9.57. The summed E-state index contributed by atoms with van der Waals surface area (Å²) in [4.78, 5) is 9.04. The van der Waals surface area contributed by atoms with E-state index in [1.165, 1.54) is 0 Å². The number of phenolic OH excluding ortho intramolecular Hbond substituents is 1. The molecule has 112 valence electrons. The molecule has 4 N–H and O–H groups in total. The largest absolute Gasteiger partial charge is 0.508 e. The van der Waals surface area contributed by atoms with Crippen molar-refractivity contribution >= 4 is 5.69 Å². The van der Waals surface area contributed by atoms with Crippen molar-refractivity contribution in [2.75, 3.05) is 18.4 Å². The van der Waals surface area contributed by atoms with Gasteiger partial charge < -0.3 is 16.2 Å². The molecule has 1 aromatic carbocycles. The number of phenols is 1. The number of rotatable bonds is 6. The molecule has 0 unspecified atom stereocenters. The second-order valence-electron chi connectivity index (χ2n) is 5.27. The molecule has 0 saturated heterocycles. The topological polar surface area (TPSA) is 84.1 Å². The van der Waals surface area contributed by atoms with Crippen molar-refractivity contribution in [1.82, 2.24) is 9.97 Å². The Morgan fingerprint density at radius 2 is 2.14 bits per heavy atom. The lowest BCUT2D eigenvalue weighted by molar-refractivity contribution is 0.475. The first-order chi connectivity index (χ1) is 10.1. The summed E-state index contributed by atoms with van der Waals surface area (Å²) in [6.45, 7) is 5.67. The highest BCUT2D eigenvalue weighted by Crippen LogP contribution is 2.26. The highest BCUT2D eigenvalue weighted by atomic mass is 16.3. The van der Waals surface area contributed by atoms with Crippen molar-refractivity contribution < 1.29 is 5.11 Å². The summed E-state index contributed by atoms with van der Waals surface area (Å²) in [5, 5.41) is 12.9. The Bertz CT molecular complexity index is 599. The molecule has 0 fully saturated rings. The second kappa shape index (κ2) is 7.04. The van der Waals surface area contributed by atoms with E-state index in [0.717, 1.165) is 29.9 Å². The van der Waals surface area contributed by atoms with Crippen molar-refractivity contribution in [1.29, 1.82) is 0 Å². The summed E-state index contributed by atoms with van der Waals surface area (Å²) in [5.41, 5.74) is 8.24. The van der Waals surface area contributed by atoms with E-state index in [0.29, 0.717) is 12.4 Å². The molecule has 1 aromatic heterocycles. The van der Waals surface area contributed by atoms with E-state index in [1.54, 1.807) is 24.4 Å². The van der Waals surface area contributed by atoms with Gasteiger partial charge in [-0.2, -0.15) is 0 Å². The molecule has 21 heavy (non-hydrogen) atoms. The molecule has 0 atom stereocenters. The van der Waals surface area contributed by atoms with Gasteiger partial charge in [-0.05, 0) is 31.0 Å². The number of hydrogen-bond donors (Lipinski definition) is 3. The number of benzene rings is 1. The molecule has 0 aliphatic heterocycles. The Balaban J connectivity index is 2.31. The normalized spacial score (nSPS) is 10.9. The zero-order valence-corrected chi connectivity index (χ0v) is 12.5. The SMILES string of the molecule is CC(C)c1nc(-c2cccc(O)c2)ncc1NCCCN. The quantitative estimate of drug-likeness (QED) is 0.711. The summed E-state index contributed by atoms with van der Waals surface area (Å²) in [7, 11) is 0. The molecular formula is C16H22N4O. The Morgan fingerprint density at radius 1 is 1.33 bits per heavy atom. The van der Waals surface area contributed by atoms with Crippen LogP contribution in [0.1, 0.15) is 31.9 Å². The molecule has 0 aliphatic carbocycles. The maximum atomic E-state index is 9.57. The predicted molar refractivity (Wildman–Crippen MR) is 85.4 cm³/mol. The van der Waals surface area contributed by atoms with E-state index in [1.807, 2.05) is 6.07 Å². The lowest BCUT2D eigenvalue weighted by atomic mass is 10.1. The van der Waals surface area contributed by atoms with Gasteiger partial charge in [-0.1, -0.05) is 26.0 Å². The van der Waals surface area contributed by atoms with Gasteiger partial charge in [0.25, 0.3) is 0 Å². The van der Waals surface area contributed by atoms with Crippen molar-refractivity contribution in [3.8, 4) is 17.1 Å². The van der Waals surface area contributed by atoms with Crippen LogP contribution in [0.4, 0.5) is 5.69 Å². The Hall–Kier alpha value is -2.14. The molecule has 2 rings (SSSR count). The van der Waals surface area contributed by atoms with Crippen LogP contribution in [0.2, 0.25) is 0 Å². The summed E-state index contributed by atoms with van der Waals surface area (Å²) in [5.74, 6) is 1.12. The number of anilines is 1. The van der Waals surface area contributed by atoms with Gasteiger partial charge in [0.1, 0.15) is 5.75 Å². The van der Waals surface area contributed by atoms with Gasteiger partial charge in [-0.25, -0.2) is 9.97 Å². The van der Waals surface area contributed by atoms with Crippen LogP contribution in [-0.4, -0.2) is 28.2 Å². The van der Waals surface area contributed by atoms with Crippen LogP contribution in [0.25, 0.3) is 11.4 Å².